The number of nitrogens with zero attached hydrogens (tertiary/aromatic N) is 2. The van der Waals surface area contributed by atoms with E-state index in [0.29, 0.717) is 26.3 Å². The number of carbonyl (C=O) groups excluding carboxylic acids is 1. The van der Waals surface area contributed by atoms with E-state index in [2.05, 4.69) is 21.3 Å². The van der Waals surface area contributed by atoms with Crippen molar-refractivity contribution in [1.29, 1.82) is 0 Å². The van der Waals surface area contributed by atoms with Gasteiger partial charge in [0.2, 0.25) is 0 Å². The fraction of sp³-hybridized carbons (Fsp3) is 0.579. The molecule has 0 bridgehead atoms. The molecule has 1 aromatic rings. The van der Waals surface area contributed by atoms with Crippen molar-refractivity contribution < 1.29 is 14.3 Å². The maximum atomic E-state index is 12.0. The molecule has 26 heavy (non-hydrogen) atoms. The van der Waals surface area contributed by atoms with E-state index in [1.54, 1.807) is 7.05 Å². The number of nitrogens with one attached hydrogen (secondary N) is 1. The van der Waals surface area contributed by atoms with Crippen molar-refractivity contribution in [2.75, 3.05) is 33.4 Å². The largest absolute Gasteiger partial charge is 0.494 e. The summed E-state index contributed by atoms with van der Waals surface area (Å²) >= 11 is 0. The molecule has 1 atom stereocenters. The average molecular weight is 475 g/mol. The second kappa shape index (κ2) is 12.0. The summed E-state index contributed by atoms with van der Waals surface area (Å²) in [4.78, 5) is 18.5. The van der Waals surface area contributed by atoms with E-state index in [1.165, 1.54) is 0 Å². The van der Waals surface area contributed by atoms with Crippen LogP contribution in [0.2, 0.25) is 0 Å². The Labute approximate surface area is 173 Å². The molecule has 7 heteroatoms. The fourth-order valence-corrected chi connectivity index (χ4v) is 3.05. The summed E-state index contributed by atoms with van der Waals surface area (Å²) in [6.45, 7) is 7.11. The summed E-state index contributed by atoms with van der Waals surface area (Å²) < 4.78 is 10.7. The number of piperidine rings is 1. The second-order valence-electron chi connectivity index (χ2n) is 6.02. The number of halogens is 1. The number of likely N-dealkylation sites (tertiary alicyclic amines) is 1. The van der Waals surface area contributed by atoms with Gasteiger partial charge in [0.15, 0.2) is 5.96 Å². The number of rotatable bonds is 6. The minimum atomic E-state index is -0.105. The van der Waals surface area contributed by atoms with Crippen LogP contribution in [0.15, 0.2) is 29.3 Å². The lowest BCUT2D eigenvalue weighted by atomic mass is 9.98. The smallest absolute Gasteiger partial charge is 0.310 e. The highest BCUT2D eigenvalue weighted by molar-refractivity contribution is 14.0. The van der Waals surface area contributed by atoms with Gasteiger partial charge in [0, 0.05) is 26.7 Å². The summed E-state index contributed by atoms with van der Waals surface area (Å²) in [6, 6.07) is 8.03. The van der Waals surface area contributed by atoms with Crippen molar-refractivity contribution in [2.24, 2.45) is 10.9 Å². The third-order valence-corrected chi connectivity index (χ3v) is 4.21. The molecular weight excluding hydrogens is 445 g/mol. The maximum Gasteiger partial charge on any atom is 0.310 e. The zero-order valence-corrected chi connectivity index (χ0v) is 18.2. The van der Waals surface area contributed by atoms with Gasteiger partial charge >= 0.3 is 5.97 Å². The monoisotopic (exact) mass is 475 g/mol. The predicted octanol–water partition coefficient (Wildman–Crippen LogP) is 3.05. The standard InChI is InChI=1S/C19H29N3O3.HI/c1-4-24-17-10-6-8-15(12-17)13-21-19(20-3)22-11-7-9-16(14-22)18(23)25-5-2;/h6,8,10,12,16H,4-5,7,9,11,13-14H2,1-3H3,(H,20,21);1H. The van der Waals surface area contributed by atoms with Crippen LogP contribution in [0.1, 0.15) is 32.3 Å². The number of benzene rings is 1. The summed E-state index contributed by atoms with van der Waals surface area (Å²) in [5, 5.41) is 3.38. The van der Waals surface area contributed by atoms with Crippen LogP contribution >= 0.6 is 24.0 Å². The van der Waals surface area contributed by atoms with Gasteiger partial charge in [0.1, 0.15) is 5.75 Å². The first-order valence-corrected chi connectivity index (χ1v) is 9.01. The normalized spacial score (nSPS) is 17.3. The third kappa shape index (κ3) is 6.66. The molecule has 6 nitrogen and oxygen atoms in total. The molecule has 0 spiro atoms. The molecule has 1 fully saturated rings. The Morgan fingerprint density at radius 3 is 2.85 bits per heavy atom. The van der Waals surface area contributed by atoms with E-state index in [1.807, 2.05) is 32.0 Å². The average Bonchev–Trinajstić information content (AvgIpc) is 2.63. The zero-order chi connectivity index (χ0) is 18.1. The van der Waals surface area contributed by atoms with Crippen LogP contribution in [0.25, 0.3) is 0 Å². The molecule has 1 heterocycles. The highest BCUT2D eigenvalue weighted by Crippen LogP contribution is 2.18. The SMILES string of the molecule is CCOC(=O)C1CCCN(C(=NC)NCc2cccc(OCC)c2)C1.I. The van der Waals surface area contributed by atoms with Crippen LogP contribution < -0.4 is 10.1 Å². The molecule has 146 valence electrons. The molecule has 1 aliphatic rings. The molecule has 1 aromatic carbocycles. The Hall–Kier alpha value is -1.51. The number of esters is 1. The molecule has 0 aromatic heterocycles. The quantitative estimate of drug-likeness (QED) is 0.297. The lowest BCUT2D eigenvalue weighted by molar-refractivity contribution is -0.149. The molecule has 2 rings (SSSR count). The van der Waals surface area contributed by atoms with Crippen molar-refractivity contribution in [2.45, 2.75) is 33.2 Å². The van der Waals surface area contributed by atoms with E-state index in [9.17, 15) is 4.79 Å². The van der Waals surface area contributed by atoms with Crippen LogP contribution in [-0.2, 0) is 16.1 Å². The zero-order valence-electron chi connectivity index (χ0n) is 15.9. The van der Waals surface area contributed by atoms with Gasteiger partial charge in [-0.05, 0) is 44.4 Å². The van der Waals surface area contributed by atoms with E-state index in [0.717, 1.165) is 36.7 Å². The molecule has 1 saturated heterocycles. The van der Waals surface area contributed by atoms with Gasteiger partial charge in [-0.2, -0.15) is 0 Å². The number of hydrogen-bond donors (Lipinski definition) is 1. The van der Waals surface area contributed by atoms with Crippen molar-refractivity contribution in [1.82, 2.24) is 10.2 Å². The Bertz CT molecular complexity index is 595. The van der Waals surface area contributed by atoms with E-state index < -0.39 is 0 Å². The van der Waals surface area contributed by atoms with Gasteiger partial charge in [-0.25, -0.2) is 0 Å². The Balaban J connectivity index is 0.00000338. The van der Waals surface area contributed by atoms with Gasteiger partial charge < -0.3 is 19.7 Å². The van der Waals surface area contributed by atoms with E-state index >= 15 is 0 Å². The van der Waals surface area contributed by atoms with Gasteiger partial charge in [-0.1, -0.05) is 12.1 Å². The van der Waals surface area contributed by atoms with Crippen LogP contribution in [-0.4, -0.2) is 50.2 Å². The van der Waals surface area contributed by atoms with E-state index in [-0.39, 0.29) is 35.9 Å². The van der Waals surface area contributed by atoms with Gasteiger partial charge in [0.25, 0.3) is 0 Å². The van der Waals surface area contributed by atoms with Crippen molar-refractivity contribution in [3.05, 3.63) is 29.8 Å². The Kier molecular flexibility index (Phi) is 10.4. The molecule has 0 amide bonds. The van der Waals surface area contributed by atoms with Crippen LogP contribution in [0.5, 0.6) is 5.75 Å². The topological polar surface area (TPSA) is 63.2 Å². The molecule has 1 N–H and O–H groups in total. The summed E-state index contributed by atoms with van der Waals surface area (Å²) in [7, 11) is 1.77. The first-order valence-electron chi connectivity index (χ1n) is 9.01. The minimum Gasteiger partial charge on any atom is -0.494 e. The van der Waals surface area contributed by atoms with E-state index in [4.69, 9.17) is 9.47 Å². The fourth-order valence-electron chi connectivity index (χ4n) is 3.05. The highest BCUT2D eigenvalue weighted by atomic mass is 127. The first kappa shape index (κ1) is 22.5. The van der Waals surface area contributed by atoms with Crippen LogP contribution in [0, 0.1) is 5.92 Å². The number of guanidine groups is 1. The number of carbonyl (C=O) groups is 1. The van der Waals surface area contributed by atoms with Crippen LogP contribution in [0.4, 0.5) is 0 Å². The van der Waals surface area contributed by atoms with Crippen LogP contribution in [0.3, 0.4) is 0 Å². The number of aliphatic imine (C=N–C) groups is 1. The highest BCUT2D eigenvalue weighted by Gasteiger charge is 2.28. The molecule has 0 saturated carbocycles. The molecule has 0 radical (unpaired) electrons. The summed E-state index contributed by atoms with van der Waals surface area (Å²) in [5.74, 6) is 1.51. The minimum absolute atomic E-state index is 0. The van der Waals surface area contributed by atoms with Crippen molar-refractivity contribution in [3.8, 4) is 5.75 Å². The molecule has 1 unspecified atom stereocenters. The molecule has 1 aliphatic heterocycles. The predicted molar refractivity (Wildman–Crippen MR) is 114 cm³/mol. The Morgan fingerprint density at radius 2 is 2.15 bits per heavy atom. The third-order valence-electron chi connectivity index (χ3n) is 4.21. The number of ether oxygens (including phenoxy) is 2. The lowest BCUT2D eigenvalue weighted by Gasteiger charge is -2.34. The van der Waals surface area contributed by atoms with Crippen molar-refractivity contribution in [3.63, 3.8) is 0 Å². The molecule has 0 aliphatic carbocycles. The van der Waals surface area contributed by atoms with Gasteiger partial charge in [-0.3, -0.25) is 9.79 Å². The summed E-state index contributed by atoms with van der Waals surface area (Å²) in [6.07, 6.45) is 1.84. The lowest BCUT2D eigenvalue weighted by Crippen LogP contribution is -2.48. The second-order valence-corrected chi connectivity index (χ2v) is 6.02. The number of hydrogen-bond acceptors (Lipinski definition) is 4. The Morgan fingerprint density at radius 1 is 1.35 bits per heavy atom. The molecular formula is C19H30IN3O3. The van der Waals surface area contributed by atoms with Crippen molar-refractivity contribution >= 4 is 35.9 Å². The summed E-state index contributed by atoms with van der Waals surface area (Å²) in [5.41, 5.74) is 1.13. The first-order chi connectivity index (χ1) is 12.2. The van der Waals surface area contributed by atoms with Gasteiger partial charge in [-0.15, -0.1) is 24.0 Å². The van der Waals surface area contributed by atoms with Gasteiger partial charge in [0.05, 0.1) is 19.1 Å². The maximum absolute atomic E-state index is 12.0.